The molecule has 0 spiro atoms. The van der Waals surface area contributed by atoms with Crippen molar-refractivity contribution in [1.29, 1.82) is 0 Å². The summed E-state index contributed by atoms with van der Waals surface area (Å²) >= 11 is 6.39. The van der Waals surface area contributed by atoms with E-state index in [0.29, 0.717) is 6.04 Å². The van der Waals surface area contributed by atoms with Gasteiger partial charge in [0.15, 0.2) is 0 Å². The molecule has 0 amide bonds. The van der Waals surface area contributed by atoms with Gasteiger partial charge in [-0.15, -0.1) is 0 Å². The third kappa shape index (κ3) is 4.05. The van der Waals surface area contributed by atoms with Gasteiger partial charge in [-0.2, -0.15) is 5.10 Å². The quantitative estimate of drug-likeness (QED) is 0.855. The summed E-state index contributed by atoms with van der Waals surface area (Å²) in [5, 5.41) is 8.66. The normalized spacial score (nSPS) is 12.6. The van der Waals surface area contributed by atoms with Crippen LogP contribution < -0.4 is 5.32 Å². The Morgan fingerprint density at radius 3 is 2.81 bits per heavy atom. The summed E-state index contributed by atoms with van der Waals surface area (Å²) in [5.74, 6) is 0. The van der Waals surface area contributed by atoms with Crippen LogP contribution in [0.2, 0.25) is 5.02 Å². The molecule has 0 aliphatic carbocycles. The van der Waals surface area contributed by atoms with Crippen molar-refractivity contribution in [2.24, 2.45) is 0 Å². The molecule has 1 N–H and O–H groups in total. The van der Waals surface area contributed by atoms with Crippen molar-refractivity contribution in [3.05, 3.63) is 46.5 Å². The molecule has 0 bridgehead atoms. The van der Waals surface area contributed by atoms with Crippen LogP contribution in [0.3, 0.4) is 0 Å². The van der Waals surface area contributed by atoms with E-state index in [-0.39, 0.29) is 0 Å². The number of hydrogen-bond donors (Lipinski definition) is 1. The molecule has 0 saturated carbocycles. The highest BCUT2D eigenvalue weighted by Gasteiger charge is 2.17. The minimum absolute atomic E-state index is 0.367. The molecule has 21 heavy (non-hydrogen) atoms. The summed E-state index contributed by atoms with van der Waals surface area (Å²) in [7, 11) is 2.00. The second kappa shape index (κ2) is 7.57. The Labute approximate surface area is 131 Å². The van der Waals surface area contributed by atoms with Gasteiger partial charge in [-0.25, -0.2) is 0 Å². The minimum Gasteiger partial charge on any atom is -0.317 e. The fourth-order valence-corrected chi connectivity index (χ4v) is 2.73. The summed E-state index contributed by atoms with van der Waals surface area (Å²) in [6.07, 6.45) is 4.72. The third-order valence-electron chi connectivity index (χ3n) is 3.78. The molecule has 0 fully saturated rings. The second-order valence-electron chi connectivity index (χ2n) is 5.21. The van der Waals surface area contributed by atoms with Gasteiger partial charge >= 0.3 is 0 Å². The molecule has 1 atom stereocenters. The molecule has 0 saturated heterocycles. The van der Waals surface area contributed by atoms with Crippen molar-refractivity contribution in [1.82, 2.24) is 20.1 Å². The zero-order chi connectivity index (χ0) is 15.2. The van der Waals surface area contributed by atoms with E-state index in [9.17, 15) is 0 Å². The lowest BCUT2D eigenvalue weighted by atomic mass is 10.0. The third-order valence-corrected chi connectivity index (χ3v) is 4.27. The standard InChI is InChI=1S/C16H23ClN4/c1-4-21-15(16(17)12(2)20-21)11-14(18-3)9-8-13-7-5-6-10-19-13/h5-7,10,14,18H,4,8-9,11H2,1-3H3. The Kier molecular flexibility index (Phi) is 5.76. The number of likely N-dealkylation sites (N-methyl/N-ethyl adjacent to an activating group) is 1. The largest absolute Gasteiger partial charge is 0.317 e. The Morgan fingerprint density at radius 2 is 2.19 bits per heavy atom. The molecular formula is C16H23ClN4. The summed E-state index contributed by atoms with van der Waals surface area (Å²) in [5.41, 5.74) is 3.16. The molecule has 0 aliphatic rings. The van der Waals surface area contributed by atoms with E-state index in [1.54, 1.807) is 0 Å². The smallest absolute Gasteiger partial charge is 0.0847 e. The molecule has 2 heterocycles. The van der Waals surface area contributed by atoms with E-state index in [1.165, 1.54) is 0 Å². The Bertz CT molecular complexity index is 565. The van der Waals surface area contributed by atoms with Crippen LogP contribution in [0, 0.1) is 6.92 Å². The van der Waals surface area contributed by atoms with Crippen molar-refractivity contribution in [2.75, 3.05) is 7.05 Å². The maximum atomic E-state index is 6.39. The highest BCUT2D eigenvalue weighted by molar-refractivity contribution is 6.31. The fourth-order valence-electron chi connectivity index (χ4n) is 2.51. The van der Waals surface area contributed by atoms with Gasteiger partial charge in [0.05, 0.1) is 16.4 Å². The van der Waals surface area contributed by atoms with Gasteiger partial charge in [-0.3, -0.25) is 9.67 Å². The SMILES string of the molecule is CCn1nc(C)c(Cl)c1CC(CCc1ccccn1)NC. The summed E-state index contributed by atoms with van der Waals surface area (Å²) < 4.78 is 2.00. The predicted octanol–water partition coefficient (Wildman–Crippen LogP) is 3.02. The zero-order valence-corrected chi connectivity index (χ0v) is 13.7. The Morgan fingerprint density at radius 1 is 1.38 bits per heavy atom. The number of rotatable bonds is 7. The lowest BCUT2D eigenvalue weighted by Crippen LogP contribution is -2.29. The summed E-state index contributed by atoms with van der Waals surface area (Å²) in [6, 6.07) is 6.41. The van der Waals surface area contributed by atoms with Crippen molar-refractivity contribution in [3.8, 4) is 0 Å². The van der Waals surface area contributed by atoms with E-state index in [0.717, 1.165) is 47.9 Å². The summed E-state index contributed by atoms with van der Waals surface area (Å²) in [6.45, 7) is 4.90. The first kappa shape index (κ1) is 16.0. The van der Waals surface area contributed by atoms with Crippen molar-refractivity contribution >= 4 is 11.6 Å². The Hall–Kier alpha value is -1.39. The predicted molar refractivity (Wildman–Crippen MR) is 86.8 cm³/mol. The minimum atomic E-state index is 0.367. The molecule has 1 unspecified atom stereocenters. The van der Waals surface area contributed by atoms with Crippen LogP contribution in [0.5, 0.6) is 0 Å². The van der Waals surface area contributed by atoms with Crippen molar-refractivity contribution in [3.63, 3.8) is 0 Å². The molecule has 0 radical (unpaired) electrons. The molecule has 5 heteroatoms. The van der Waals surface area contributed by atoms with Crippen molar-refractivity contribution < 1.29 is 0 Å². The lowest BCUT2D eigenvalue weighted by molar-refractivity contribution is 0.492. The second-order valence-corrected chi connectivity index (χ2v) is 5.59. The molecule has 2 aromatic heterocycles. The Balaban J connectivity index is 2.02. The van der Waals surface area contributed by atoms with E-state index >= 15 is 0 Å². The van der Waals surface area contributed by atoms with Gasteiger partial charge in [0.1, 0.15) is 0 Å². The van der Waals surface area contributed by atoms with Gasteiger partial charge < -0.3 is 5.32 Å². The maximum absolute atomic E-state index is 6.39. The fraction of sp³-hybridized carbons (Fsp3) is 0.500. The molecule has 2 aromatic rings. The lowest BCUT2D eigenvalue weighted by Gasteiger charge is -2.17. The topological polar surface area (TPSA) is 42.7 Å². The molecule has 2 rings (SSSR count). The van der Waals surface area contributed by atoms with Crippen LogP contribution in [0.1, 0.15) is 30.4 Å². The number of nitrogens with one attached hydrogen (secondary N) is 1. The van der Waals surface area contributed by atoms with Crippen LogP contribution in [0.25, 0.3) is 0 Å². The number of halogens is 1. The van der Waals surface area contributed by atoms with Crippen LogP contribution >= 0.6 is 11.6 Å². The molecular weight excluding hydrogens is 284 g/mol. The average Bonchev–Trinajstić information content (AvgIpc) is 2.79. The maximum Gasteiger partial charge on any atom is 0.0847 e. The highest BCUT2D eigenvalue weighted by Crippen LogP contribution is 2.22. The van der Waals surface area contributed by atoms with Crippen molar-refractivity contribution in [2.45, 2.75) is 45.7 Å². The van der Waals surface area contributed by atoms with Crippen LogP contribution in [0.4, 0.5) is 0 Å². The molecule has 114 valence electrons. The van der Waals surface area contributed by atoms with E-state index < -0.39 is 0 Å². The number of nitrogens with zero attached hydrogens (tertiary/aromatic N) is 3. The molecule has 0 aromatic carbocycles. The van der Waals surface area contributed by atoms with Gasteiger partial charge in [0, 0.05) is 30.9 Å². The zero-order valence-electron chi connectivity index (χ0n) is 12.9. The van der Waals surface area contributed by atoms with Gasteiger partial charge in [0.2, 0.25) is 0 Å². The van der Waals surface area contributed by atoms with Crippen LogP contribution in [0.15, 0.2) is 24.4 Å². The van der Waals surface area contributed by atoms with Crippen LogP contribution in [-0.4, -0.2) is 27.9 Å². The summed E-state index contributed by atoms with van der Waals surface area (Å²) in [4.78, 5) is 4.38. The van der Waals surface area contributed by atoms with E-state index in [1.807, 2.05) is 37.0 Å². The molecule has 0 aliphatic heterocycles. The molecule has 4 nitrogen and oxygen atoms in total. The number of aryl methyl sites for hydroxylation is 3. The van der Waals surface area contributed by atoms with Crippen LogP contribution in [-0.2, 0) is 19.4 Å². The average molecular weight is 307 g/mol. The van der Waals surface area contributed by atoms with Gasteiger partial charge in [-0.1, -0.05) is 17.7 Å². The first-order chi connectivity index (χ1) is 10.2. The highest BCUT2D eigenvalue weighted by atomic mass is 35.5. The number of hydrogen-bond acceptors (Lipinski definition) is 3. The monoisotopic (exact) mass is 306 g/mol. The van der Waals surface area contributed by atoms with Gasteiger partial charge in [0.25, 0.3) is 0 Å². The first-order valence-electron chi connectivity index (χ1n) is 7.44. The number of pyridine rings is 1. The first-order valence-corrected chi connectivity index (χ1v) is 7.82. The number of aromatic nitrogens is 3. The van der Waals surface area contributed by atoms with E-state index in [2.05, 4.69) is 28.4 Å². The van der Waals surface area contributed by atoms with E-state index in [4.69, 9.17) is 11.6 Å². The van der Waals surface area contributed by atoms with Gasteiger partial charge in [-0.05, 0) is 45.9 Å².